The standard InChI is InChI=1S/C6H8O10S.Mg.3Na.5H/c7-3(8)1-6(12,5(10)11)2-4(9)16-17(13,14)15;;;;;;;;;/h12H,1-2H2,(H,7,8)(H,10,11)(H,13,14,15);;;;;;;;;. The van der Waals surface area contributed by atoms with Crippen LogP contribution >= 0.6 is 0 Å². The average Bonchev–Trinajstić information content (AvgIpc) is 1.96. The molecule has 0 aromatic carbocycles. The van der Waals surface area contributed by atoms with Gasteiger partial charge in [-0.15, -0.1) is 0 Å². The number of aliphatic hydroxyl groups is 1. The Bertz CT molecular complexity index is 454. The first kappa shape index (κ1) is 34.4. The second-order valence-electron chi connectivity index (χ2n) is 2.97. The molecule has 21 heavy (non-hydrogen) atoms. The van der Waals surface area contributed by atoms with Gasteiger partial charge in [0, 0.05) is 0 Å². The van der Waals surface area contributed by atoms with Gasteiger partial charge in [0.1, 0.15) is 0 Å². The number of aliphatic carboxylic acids is 2. The quantitative estimate of drug-likeness (QED) is 0.262. The Morgan fingerprint density at radius 2 is 1.38 bits per heavy atom. The van der Waals surface area contributed by atoms with Crippen LogP contribution in [0.15, 0.2) is 0 Å². The Hall–Kier alpha value is 2.05. The zero-order valence-corrected chi connectivity index (χ0v) is 8.88. The molecule has 0 saturated heterocycles. The van der Waals surface area contributed by atoms with Crippen LogP contribution in [0.25, 0.3) is 0 Å². The fraction of sp³-hybridized carbons (Fsp3) is 0.500. The number of carbonyl (C=O) groups excluding carboxylic acids is 1. The van der Waals surface area contributed by atoms with E-state index in [1.54, 1.807) is 0 Å². The Morgan fingerprint density at radius 1 is 1.00 bits per heavy atom. The molecule has 10 nitrogen and oxygen atoms in total. The molecular weight excluding hydrogens is 357 g/mol. The summed E-state index contributed by atoms with van der Waals surface area (Å²) in [6, 6.07) is 0. The second-order valence-corrected chi connectivity index (χ2v) is 3.99. The number of rotatable bonds is 6. The van der Waals surface area contributed by atoms with Gasteiger partial charge in [-0.05, 0) is 0 Å². The van der Waals surface area contributed by atoms with Crippen LogP contribution in [0.4, 0.5) is 0 Å². The molecule has 0 fully saturated rings. The number of carbonyl (C=O) groups is 3. The molecule has 0 amide bonds. The molecule has 0 aliphatic heterocycles. The van der Waals surface area contributed by atoms with E-state index in [2.05, 4.69) is 4.18 Å². The van der Waals surface area contributed by atoms with Crippen LogP contribution in [0.1, 0.15) is 12.8 Å². The molecule has 0 heterocycles. The predicted molar refractivity (Wildman–Crippen MR) is 77.1 cm³/mol. The third-order valence-corrected chi connectivity index (χ3v) is 1.87. The van der Waals surface area contributed by atoms with Gasteiger partial charge in [-0.25, -0.2) is 4.79 Å². The van der Waals surface area contributed by atoms with Crippen LogP contribution in [-0.2, 0) is 29.0 Å². The molecule has 0 aromatic heterocycles. The number of hydrogen-bond acceptors (Lipinski definition) is 7. The molecule has 0 aliphatic rings. The van der Waals surface area contributed by atoms with Gasteiger partial charge in [-0.2, -0.15) is 8.42 Å². The maximum atomic E-state index is 10.8. The van der Waals surface area contributed by atoms with Crippen molar-refractivity contribution >= 4 is 140 Å². The Kier molecular flexibility index (Phi) is 23.6. The van der Waals surface area contributed by atoms with Crippen molar-refractivity contribution in [2.45, 2.75) is 18.4 Å². The third-order valence-electron chi connectivity index (χ3n) is 1.48. The first-order valence-corrected chi connectivity index (χ1v) is 5.20. The predicted octanol–water partition coefficient (Wildman–Crippen LogP) is -4.85. The van der Waals surface area contributed by atoms with Gasteiger partial charge in [0.25, 0.3) is 0 Å². The molecule has 1 unspecified atom stereocenters. The van der Waals surface area contributed by atoms with Crippen LogP contribution in [0.5, 0.6) is 0 Å². The van der Waals surface area contributed by atoms with Gasteiger partial charge in [-0.3, -0.25) is 14.1 Å². The summed E-state index contributed by atoms with van der Waals surface area (Å²) in [5.41, 5.74) is -3.02. The van der Waals surface area contributed by atoms with Crippen molar-refractivity contribution in [3.8, 4) is 0 Å². The Balaban J connectivity index is -0.000000213. The first-order chi connectivity index (χ1) is 7.46. The van der Waals surface area contributed by atoms with Crippen LogP contribution in [0.3, 0.4) is 0 Å². The number of carboxylic acid groups (broad SMARTS) is 2. The molecule has 0 aromatic rings. The molecule has 0 rings (SSSR count). The van der Waals surface area contributed by atoms with Crippen LogP contribution < -0.4 is 0 Å². The van der Waals surface area contributed by atoms with Gasteiger partial charge in [0.05, 0.1) is 12.8 Å². The zero-order valence-electron chi connectivity index (χ0n) is 8.06. The molecule has 108 valence electrons. The van der Waals surface area contributed by atoms with Crippen molar-refractivity contribution in [1.29, 1.82) is 0 Å². The topological polar surface area (TPSA) is 175 Å². The fourth-order valence-corrected chi connectivity index (χ4v) is 1.14. The van der Waals surface area contributed by atoms with E-state index < -0.39 is 46.7 Å². The summed E-state index contributed by atoms with van der Waals surface area (Å²) >= 11 is 0. The third kappa shape index (κ3) is 16.7. The summed E-state index contributed by atoms with van der Waals surface area (Å²) in [5.74, 6) is -5.58. The molecule has 0 aliphatic carbocycles. The SMILES string of the molecule is O=C(O)CC(O)(CC(=O)OS(=O)(=O)O)C(=O)O.[MgH2].[NaH].[NaH].[NaH]. The monoisotopic (exact) mass is 370 g/mol. The van der Waals surface area contributed by atoms with Crippen molar-refractivity contribution in [2.24, 2.45) is 0 Å². The molecule has 1 atom stereocenters. The second kappa shape index (κ2) is 14.4. The molecule has 0 radical (unpaired) electrons. The van der Waals surface area contributed by atoms with E-state index in [1.165, 1.54) is 0 Å². The molecule has 0 saturated carbocycles. The van der Waals surface area contributed by atoms with E-state index in [1.807, 2.05) is 0 Å². The summed E-state index contributed by atoms with van der Waals surface area (Å²) in [6.07, 6.45) is -2.79. The van der Waals surface area contributed by atoms with E-state index in [-0.39, 0.29) is 112 Å². The molecule has 0 spiro atoms. The van der Waals surface area contributed by atoms with E-state index >= 15 is 0 Å². The van der Waals surface area contributed by atoms with E-state index in [9.17, 15) is 27.9 Å². The van der Waals surface area contributed by atoms with Crippen molar-refractivity contribution in [3.05, 3.63) is 0 Å². The van der Waals surface area contributed by atoms with E-state index in [0.717, 1.165) is 0 Å². The summed E-state index contributed by atoms with van der Waals surface area (Å²) < 4.78 is 31.6. The summed E-state index contributed by atoms with van der Waals surface area (Å²) in [4.78, 5) is 31.6. The molecule has 0 bridgehead atoms. The van der Waals surface area contributed by atoms with Crippen LogP contribution in [0, 0.1) is 0 Å². The molecule has 4 N–H and O–H groups in total. The van der Waals surface area contributed by atoms with Gasteiger partial charge in [0.2, 0.25) is 0 Å². The maximum absolute atomic E-state index is 10.8. The number of carboxylic acids is 2. The Labute approximate surface area is 202 Å². The van der Waals surface area contributed by atoms with Gasteiger partial charge in [0.15, 0.2) is 5.60 Å². The minimum atomic E-state index is -5.15. The molecule has 15 heteroatoms. The minimum absolute atomic E-state index is 0. The first-order valence-electron chi connectivity index (χ1n) is 3.83. The average molecular weight is 371 g/mol. The van der Waals surface area contributed by atoms with Gasteiger partial charge in [-0.1, -0.05) is 0 Å². The van der Waals surface area contributed by atoms with Crippen molar-refractivity contribution in [2.75, 3.05) is 0 Å². The van der Waals surface area contributed by atoms with Crippen LogP contribution in [0.2, 0.25) is 0 Å². The summed E-state index contributed by atoms with van der Waals surface area (Å²) in [5, 5.41) is 26.1. The van der Waals surface area contributed by atoms with Crippen molar-refractivity contribution < 1.29 is 46.9 Å². The Morgan fingerprint density at radius 3 is 1.62 bits per heavy atom. The van der Waals surface area contributed by atoms with Crippen LogP contribution in [-0.4, -0.2) is 164 Å². The zero-order chi connectivity index (χ0) is 13.9. The van der Waals surface area contributed by atoms with E-state index in [0.29, 0.717) is 0 Å². The van der Waals surface area contributed by atoms with Crippen molar-refractivity contribution in [3.63, 3.8) is 0 Å². The normalized spacial score (nSPS) is 11.9. The van der Waals surface area contributed by atoms with E-state index in [4.69, 9.17) is 14.8 Å². The summed E-state index contributed by atoms with van der Waals surface area (Å²) in [6.45, 7) is 0. The molecular formula is C6H13MgNa3O10S. The number of hydrogen-bond donors (Lipinski definition) is 4. The van der Waals surface area contributed by atoms with Crippen molar-refractivity contribution in [1.82, 2.24) is 0 Å². The fourth-order valence-electron chi connectivity index (χ4n) is 0.850. The van der Waals surface area contributed by atoms with Gasteiger partial charge >= 0.3 is 140 Å². The van der Waals surface area contributed by atoms with Gasteiger partial charge < -0.3 is 19.5 Å². The summed E-state index contributed by atoms with van der Waals surface area (Å²) in [7, 11) is -5.15.